The monoisotopic (exact) mass is 304 g/mol. The molecule has 1 aliphatic rings. The van der Waals surface area contributed by atoms with Gasteiger partial charge in [-0.3, -0.25) is 4.79 Å². The second-order valence-corrected chi connectivity index (χ2v) is 5.20. The van der Waals surface area contributed by atoms with Crippen LogP contribution in [0.5, 0.6) is 5.75 Å². The molecule has 1 atom stereocenters. The van der Waals surface area contributed by atoms with Crippen LogP contribution in [0.3, 0.4) is 0 Å². The lowest BCUT2D eigenvalue weighted by molar-refractivity contribution is 0.0936. The van der Waals surface area contributed by atoms with E-state index in [1.54, 1.807) is 25.3 Å². The van der Waals surface area contributed by atoms with Crippen molar-refractivity contribution in [1.82, 2.24) is 10.2 Å². The molecule has 3 rings (SSSR count). The number of hydrogen-bond donors (Lipinski definition) is 2. The molecule has 7 nitrogen and oxygen atoms in total. The van der Waals surface area contributed by atoms with Gasteiger partial charge in [0.15, 0.2) is 0 Å². The van der Waals surface area contributed by atoms with Gasteiger partial charge in [-0.2, -0.15) is 0 Å². The van der Waals surface area contributed by atoms with Crippen molar-refractivity contribution in [3.63, 3.8) is 0 Å². The fraction of sp³-hybridized carbons (Fsp3) is 0.333. The molecular weight excluding hydrogens is 288 g/mol. The van der Waals surface area contributed by atoms with E-state index in [4.69, 9.17) is 14.3 Å². The van der Waals surface area contributed by atoms with Crippen molar-refractivity contribution in [2.45, 2.75) is 12.5 Å². The SMILES string of the molecule is COc1ccc2c(C(=O)NC3CCN(C(=O)O)C3)coc2c1. The van der Waals surface area contributed by atoms with E-state index in [0.29, 0.717) is 41.8 Å². The van der Waals surface area contributed by atoms with Gasteiger partial charge in [-0.05, 0) is 18.6 Å². The molecule has 2 aromatic rings. The van der Waals surface area contributed by atoms with E-state index in [9.17, 15) is 9.59 Å². The maximum Gasteiger partial charge on any atom is 0.407 e. The second kappa shape index (κ2) is 5.59. The van der Waals surface area contributed by atoms with E-state index in [0.717, 1.165) is 0 Å². The molecule has 116 valence electrons. The van der Waals surface area contributed by atoms with Crippen molar-refractivity contribution in [3.05, 3.63) is 30.0 Å². The molecule has 2 heterocycles. The molecule has 1 fully saturated rings. The summed E-state index contributed by atoms with van der Waals surface area (Å²) in [6.07, 6.45) is 1.06. The van der Waals surface area contributed by atoms with Gasteiger partial charge < -0.3 is 24.5 Å². The van der Waals surface area contributed by atoms with Crippen molar-refractivity contribution < 1.29 is 23.8 Å². The Morgan fingerprint density at radius 3 is 2.95 bits per heavy atom. The molecule has 0 bridgehead atoms. The van der Waals surface area contributed by atoms with Crippen LogP contribution < -0.4 is 10.1 Å². The Labute approximate surface area is 126 Å². The zero-order chi connectivity index (χ0) is 15.7. The van der Waals surface area contributed by atoms with Gasteiger partial charge in [0.2, 0.25) is 0 Å². The van der Waals surface area contributed by atoms with Gasteiger partial charge in [0.1, 0.15) is 17.6 Å². The lowest BCUT2D eigenvalue weighted by Crippen LogP contribution is -2.38. The number of amides is 2. The average molecular weight is 304 g/mol. The van der Waals surface area contributed by atoms with E-state index in [1.807, 2.05) is 0 Å². The number of nitrogens with zero attached hydrogens (tertiary/aromatic N) is 1. The van der Waals surface area contributed by atoms with Crippen molar-refractivity contribution >= 4 is 23.0 Å². The molecular formula is C15H16N2O5. The minimum absolute atomic E-state index is 0.174. The first-order valence-corrected chi connectivity index (χ1v) is 6.92. The number of hydrogen-bond acceptors (Lipinski definition) is 4. The van der Waals surface area contributed by atoms with Crippen LogP contribution in [-0.4, -0.2) is 48.2 Å². The van der Waals surface area contributed by atoms with E-state index in [1.165, 1.54) is 11.2 Å². The minimum atomic E-state index is -0.961. The number of carbonyl (C=O) groups excluding carboxylic acids is 1. The van der Waals surface area contributed by atoms with Crippen LogP contribution in [0.2, 0.25) is 0 Å². The molecule has 0 radical (unpaired) electrons. The normalized spacial score (nSPS) is 17.7. The predicted molar refractivity (Wildman–Crippen MR) is 78.2 cm³/mol. The summed E-state index contributed by atoms with van der Waals surface area (Å²) in [5, 5.41) is 12.5. The molecule has 0 aliphatic carbocycles. The van der Waals surface area contributed by atoms with Crippen LogP contribution >= 0.6 is 0 Å². The Kier molecular flexibility index (Phi) is 3.62. The number of fused-ring (bicyclic) bond motifs is 1. The second-order valence-electron chi connectivity index (χ2n) is 5.20. The van der Waals surface area contributed by atoms with Crippen molar-refractivity contribution in [3.8, 4) is 5.75 Å². The standard InChI is InChI=1S/C15H16N2O5/c1-21-10-2-3-11-12(8-22-13(11)6-10)14(18)16-9-4-5-17(7-9)15(19)20/h2-3,6,8-9H,4-5,7H2,1H3,(H,16,18)(H,19,20). The number of likely N-dealkylation sites (tertiary alicyclic amines) is 1. The third-order valence-electron chi connectivity index (χ3n) is 3.82. The number of carbonyl (C=O) groups is 2. The van der Waals surface area contributed by atoms with Gasteiger partial charge in [0.05, 0.1) is 12.7 Å². The number of methoxy groups -OCH3 is 1. The van der Waals surface area contributed by atoms with Gasteiger partial charge in [-0.25, -0.2) is 4.79 Å². The molecule has 0 saturated carbocycles. The number of furan rings is 1. The van der Waals surface area contributed by atoms with Crippen molar-refractivity contribution in [2.75, 3.05) is 20.2 Å². The summed E-state index contributed by atoms with van der Waals surface area (Å²) in [6.45, 7) is 0.744. The van der Waals surface area contributed by atoms with Crippen LogP contribution in [0.25, 0.3) is 11.0 Å². The zero-order valence-electron chi connectivity index (χ0n) is 12.0. The van der Waals surface area contributed by atoms with E-state index >= 15 is 0 Å². The Morgan fingerprint density at radius 1 is 1.45 bits per heavy atom. The highest BCUT2D eigenvalue weighted by molar-refractivity contribution is 6.06. The lowest BCUT2D eigenvalue weighted by atomic mass is 10.1. The number of carboxylic acid groups (broad SMARTS) is 1. The fourth-order valence-electron chi connectivity index (χ4n) is 2.63. The molecule has 2 amide bonds. The van der Waals surface area contributed by atoms with E-state index in [2.05, 4.69) is 5.32 Å². The van der Waals surface area contributed by atoms with Crippen LogP contribution in [0.15, 0.2) is 28.9 Å². The summed E-state index contributed by atoms with van der Waals surface area (Å²) < 4.78 is 10.5. The molecule has 1 unspecified atom stereocenters. The quantitative estimate of drug-likeness (QED) is 0.904. The maximum absolute atomic E-state index is 12.3. The summed E-state index contributed by atoms with van der Waals surface area (Å²) >= 11 is 0. The molecule has 1 aromatic heterocycles. The Morgan fingerprint density at radius 2 is 2.27 bits per heavy atom. The number of ether oxygens (including phenoxy) is 1. The number of rotatable bonds is 3. The smallest absolute Gasteiger partial charge is 0.407 e. The van der Waals surface area contributed by atoms with Crippen molar-refractivity contribution in [2.24, 2.45) is 0 Å². The Balaban J connectivity index is 1.74. The molecule has 22 heavy (non-hydrogen) atoms. The summed E-state index contributed by atoms with van der Waals surface area (Å²) in [7, 11) is 1.56. The highest BCUT2D eigenvalue weighted by Gasteiger charge is 2.28. The summed E-state index contributed by atoms with van der Waals surface area (Å²) in [6, 6.07) is 5.07. The Hall–Kier alpha value is -2.70. The molecule has 1 aliphatic heterocycles. The summed E-state index contributed by atoms with van der Waals surface area (Å²) in [5.74, 6) is 0.392. The zero-order valence-corrected chi connectivity index (χ0v) is 12.0. The molecule has 0 spiro atoms. The summed E-state index contributed by atoms with van der Waals surface area (Å²) in [5.41, 5.74) is 1.01. The van der Waals surface area contributed by atoms with Crippen LogP contribution in [0.1, 0.15) is 16.8 Å². The molecule has 1 aromatic carbocycles. The van der Waals surface area contributed by atoms with Crippen molar-refractivity contribution in [1.29, 1.82) is 0 Å². The molecule has 2 N–H and O–H groups in total. The average Bonchev–Trinajstić information content (AvgIpc) is 3.12. The van der Waals surface area contributed by atoms with Crippen LogP contribution in [0, 0.1) is 0 Å². The van der Waals surface area contributed by atoms with Gasteiger partial charge >= 0.3 is 6.09 Å². The first-order valence-electron chi connectivity index (χ1n) is 6.92. The lowest BCUT2D eigenvalue weighted by Gasteiger charge is -2.13. The maximum atomic E-state index is 12.3. The fourth-order valence-corrected chi connectivity index (χ4v) is 2.63. The number of benzene rings is 1. The van der Waals surface area contributed by atoms with Crippen LogP contribution in [0.4, 0.5) is 4.79 Å². The van der Waals surface area contributed by atoms with Gasteiger partial charge in [0.25, 0.3) is 5.91 Å². The minimum Gasteiger partial charge on any atom is -0.497 e. The summed E-state index contributed by atoms with van der Waals surface area (Å²) in [4.78, 5) is 24.5. The third kappa shape index (κ3) is 2.57. The molecule has 1 saturated heterocycles. The molecule has 7 heteroatoms. The highest BCUT2D eigenvalue weighted by atomic mass is 16.5. The van der Waals surface area contributed by atoms with Crippen LogP contribution in [-0.2, 0) is 0 Å². The third-order valence-corrected chi connectivity index (χ3v) is 3.82. The van der Waals surface area contributed by atoms with Gasteiger partial charge in [-0.1, -0.05) is 0 Å². The Bertz CT molecular complexity index is 724. The highest BCUT2D eigenvalue weighted by Crippen LogP contribution is 2.25. The van der Waals surface area contributed by atoms with Gasteiger partial charge in [-0.15, -0.1) is 0 Å². The first kappa shape index (κ1) is 14.2. The van der Waals surface area contributed by atoms with Gasteiger partial charge in [0, 0.05) is 30.6 Å². The van der Waals surface area contributed by atoms with E-state index < -0.39 is 6.09 Å². The predicted octanol–water partition coefficient (Wildman–Crippen LogP) is 1.92. The van der Waals surface area contributed by atoms with E-state index in [-0.39, 0.29) is 11.9 Å². The first-order chi connectivity index (χ1) is 10.6. The number of nitrogens with one attached hydrogen (secondary N) is 1. The largest absolute Gasteiger partial charge is 0.497 e. The topological polar surface area (TPSA) is 92.0 Å².